The molecule has 0 aliphatic carbocycles. The molecule has 35 heavy (non-hydrogen) atoms. The summed E-state index contributed by atoms with van der Waals surface area (Å²) in [4.78, 5) is 25.7. The fourth-order valence-corrected chi connectivity index (χ4v) is 4.83. The number of hydrogen-bond donors (Lipinski definition) is 1. The van der Waals surface area contributed by atoms with Gasteiger partial charge in [-0.15, -0.1) is 0 Å². The summed E-state index contributed by atoms with van der Waals surface area (Å²) < 4.78 is 54.8. The van der Waals surface area contributed by atoms with E-state index in [4.69, 9.17) is 5.11 Å². The minimum absolute atomic E-state index is 0.200. The zero-order valence-corrected chi connectivity index (χ0v) is 19.4. The number of carbonyl (C=O) groups excluding carboxylic acids is 1. The summed E-state index contributed by atoms with van der Waals surface area (Å²) in [5.74, 6) is -16.0. The lowest BCUT2D eigenvalue weighted by atomic mass is 9.93. The average Bonchev–Trinajstić information content (AvgIpc) is 3.26. The molecule has 1 atom stereocenters. The lowest BCUT2D eigenvalue weighted by Gasteiger charge is -2.33. The molecule has 2 aromatic rings. The highest BCUT2D eigenvalue weighted by Crippen LogP contribution is 2.37. The van der Waals surface area contributed by atoms with Crippen LogP contribution < -0.4 is 0 Å². The smallest absolute Gasteiger partial charge is 0.413 e. The highest BCUT2D eigenvalue weighted by molar-refractivity contribution is 5.92. The first-order valence-electron chi connectivity index (χ1n) is 11.7. The second-order valence-corrected chi connectivity index (χ2v) is 9.39. The number of nitrogens with zero attached hydrogens (tertiary/aromatic N) is 2. The van der Waals surface area contributed by atoms with Crippen molar-refractivity contribution in [2.24, 2.45) is 0 Å². The zero-order valence-electron chi connectivity index (χ0n) is 19.4. The van der Waals surface area contributed by atoms with Gasteiger partial charge in [0.25, 0.3) is 0 Å². The van der Waals surface area contributed by atoms with E-state index >= 15 is 0 Å². The molecule has 2 aliphatic rings. The Kier molecular flexibility index (Phi) is 6.90. The molecule has 1 unspecified atom stereocenters. The van der Waals surface area contributed by atoms with Gasteiger partial charge in [-0.05, 0) is 67.0 Å². The molecule has 1 saturated heterocycles. The molecule has 4 rings (SSSR count). The number of rotatable bonds is 7. The Morgan fingerprint density at radius 3 is 2.29 bits per heavy atom. The van der Waals surface area contributed by atoms with Crippen molar-refractivity contribution in [1.29, 1.82) is 0 Å². The van der Waals surface area contributed by atoms with Crippen LogP contribution in [0.25, 0.3) is 11.1 Å². The van der Waals surface area contributed by atoms with Crippen molar-refractivity contribution in [1.82, 2.24) is 9.80 Å². The van der Waals surface area contributed by atoms with E-state index < -0.39 is 23.7 Å². The van der Waals surface area contributed by atoms with Crippen molar-refractivity contribution >= 4 is 11.9 Å². The monoisotopic (exact) mass is 492 g/mol. The quantitative estimate of drug-likeness (QED) is 0.573. The van der Waals surface area contributed by atoms with E-state index in [9.17, 15) is 27.2 Å². The molecule has 9 heteroatoms. The molecule has 5 nitrogen and oxygen atoms in total. The van der Waals surface area contributed by atoms with Crippen LogP contribution in [0.1, 0.15) is 36.5 Å². The topological polar surface area (TPSA) is 60.9 Å². The van der Waals surface area contributed by atoms with Crippen LogP contribution in [-0.2, 0) is 29.0 Å². The maximum absolute atomic E-state index is 14.0. The van der Waals surface area contributed by atoms with E-state index in [2.05, 4.69) is 24.0 Å². The van der Waals surface area contributed by atoms with E-state index in [-0.39, 0.29) is 19.5 Å². The van der Waals surface area contributed by atoms with E-state index in [1.54, 1.807) is 12.1 Å². The number of benzene rings is 2. The Labute approximate surface area is 201 Å². The van der Waals surface area contributed by atoms with Gasteiger partial charge >= 0.3 is 23.7 Å². The molecular weight excluding hydrogens is 464 g/mol. The van der Waals surface area contributed by atoms with Crippen molar-refractivity contribution in [2.75, 3.05) is 19.6 Å². The zero-order chi connectivity index (χ0) is 25.4. The van der Waals surface area contributed by atoms with Crippen LogP contribution in [0, 0.1) is 0 Å². The number of fused-ring (bicyclic) bond motifs is 1. The average molecular weight is 493 g/mol. The Morgan fingerprint density at radius 2 is 1.66 bits per heavy atom. The number of carbonyl (C=O) groups is 2. The molecule has 2 aromatic carbocycles. The summed E-state index contributed by atoms with van der Waals surface area (Å²) in [6.45, 7) is 3.96. The third-order valence-electron chi connectivity index (χ3n) is 7.10. The van der Waals surface area contributed by atoms with Gasteiger partial charge in [0.2, 0.25) is 0 Å². The standard InChI is InChI=1S/C26H28F4N2O3/c1-17-3-2-12-31(17)13-10-18-4-6-19(7-5-18)20-8-9-22-16-32(14-11-21(22)15-20)23(33)25(27,28)26(29,30)24(34)35/h4-9,15,17H,2-3,10-14,16H2,1H3,(H,34,35). The van der Waals surface area contributed by atoms with Crippen molar-refractivity contribution in [3.05, 3.63) is 59.2 Å². The summed E-state index contributed by atoms with van der Waals surface area (Å²) >= 11 is 0. The van der Waals surface area contributed by atoms with Gasteiger partial charge in [0, 0.05) is 25.7 Å². The van der Waals surface area contributed by atoms with Gasteiger partial charge < -0.3 is 14.9 Å². The number of alkyl halides is 4. The van der Waals surface area contributed by atoms with Gasteiger partial charge in [-0.2, -0.15) is 17.6 Å². The summed E-state index contributed by atoms with van der Waals surface area (Å²) in [5.41, 5.74) is 4.59. The van der Waals surface area contributed by atoms with Gasteiger partial charge in [-0.1, -0.05) is 42.5 Å². The predicted octanol–water partition coefficient (Wildman–Crippen LogP) is 4.62. The van der Waals surface area contributed by atoms with E-state index in [0.29, 0.717) is 16.5 Å². The molecule has 0 spiro atoms. The van der Waals surface area contributed by atoms with Gasteiger partial charge in [0.1, 0.15) is 0 Å². The molecule has 1 amide bonds. The van der Waals surface area contributed by atoms with Crippen LogP contribution in [0.2, 0.25) is 0 Å². The minimum Gasteiger partial charge on any atom is -0.477 e. The molecule has 0 aromatic heterocycles. The van der Waals surface area contributed by atoms with E-state index in [0.717, 1.165) is 36.2 Å². The summed E-state index contributed by atoms with van der Waals surface area (Å²) in [5, 5.41) is 8.42. The lowest BCUT2D eigenvalue weighted by Crippen LogP contribution is -2.58. The summed E-state index contributed by atoms with van der Waals surface area (Å²) in [6.07, 6.45) is 3.68. The van der Waals surface area contributed by atoms with Crippen molar-refractivity contribution in [3.63, 3.8) is 0 Å². The van der Waals surface area contributed by atoms with E-state index in [1.807, 2.05) is 18.2 Å². The van der Waals surface area contributed by atoms with Gasteiger partial charge in [-0.3, -0.25) is 4.79 Å². The predicted molar refractivity (Wildman–Crippen MR) is 123 cm³/mol. The SMILES string of the molecule is CC1CCCN1CCc1ccc(-c2ccc3c(c2)CCN(C(=O)C(F)(F)C(F)(F)C(=O)O)C3)cc1. The van der Waals surface area contributed by atoms with Crippen LogP contribution in [-0.4, -0.2) is 64.3 Å². The lowest BCUT2D eigenvalue weighted by molar-refractivity contribution is -0.228. The van der Waals surface area contributed by atoms with Crippen LogP contribution >= 0.6 is 0 Å². The molecule has 1 N–H and O–H groups in total. The maximum atomic E-state index is 14.0. The first kappa shape index (κ1) is 25.2. The number of aliphatic carboxylic acids is 1. The van der Waals surface area contributed by atoms with Crippen molar-refractivity contribution in [3.8, 4) is 11.1 Å². The number of carboxylic acid groups (broad SMARTS) is 1. The molecule has 1 fully saturated rings. The summed E-state index contributed by atoms with van der Waals surface area (Å²) in [6, 6.07) is 14.3. The van der Waals surface area contributed by atoms with E-state index in [1.165, 1.54) is 18.4 Å². The fraction of sp³-hybridized carbons (Fsp3) is 0.462. The van der Waals surface area contributed by atoms with Gasteiger partial charge in [0.05, 0.1) is 0 Å². The Balaban J connectivity index is 1.42. The normalized spacial score (nSPS) is 19.0. The third-order valence-corrected chi connectivity index (χ3v) is 7.10. The van der Waals surface area contributed by atoms with Crippen LogP contribution in [0.15, 0.2) is 42.5 Å². The maximum Gasteiger partial charge on any atom is 0.413 e. The number of amides is 1. The molecule has 188 valence electrons. The second kappa shape index (κ2) is 9.60. The highest BCUT2D eigenvalue weighted by Gasteiger charge is 2.68. The van der Waals surface area contributed by atoms with Crippen molar-refractivity contribution in [2.45, 2.75) is 57.0 Å². The number of hydrogen-bond acceptors (Lipinski definition) is 3. The van der Waals surface area contributed by atoms with Crippen LogP contribution in [0.5, 0.6) is 0 Å². The van der Waals surface area contributed by atoms with Gasteiger partial charge in [-0.25, -0.2) is 4.79 Å². The molecule has 0 radical (unpaired) electrons. The van der Waals surface area contributed by atoms with Gasteiger partial charge in [0.15, 0.2) is 0 Å². The molecule has 2 heterocycles. The third kappa shape index (κ3) is 4.91. The number of halogens is 4. The van der Waals surface area contributed by atoms with Crippen LogP contribution in [0.4, 0.5) is 17.6 Å². The Bertz CT molecular complexity index is 1100. The second-order valence-electron chi connectivity index (χ2n) is 9.39. The Morgan fingerprint density at radius 1 is 0.971 bits per heavy atom. The van der Waals surface area contributed by atoms with Crippen molar-refractivity contribution < 1.29 is 32.3 Å². The minimum atomic E-state index is -5.48. The highest BCUT2D eigenvalue weighted by atomic mass is 19.3. The number of carboxylic acids is 1. The largest absolute Gasteiger partial charge is 0.477 e. The fourth-order valence-electron chi connectivity index (χ4n) is 4.83. The molecular formula is C26H28F4N2O3. The van der Waals surface area contributed by atoms with Crippen LogP contribution in [0.3, 0.4) is 0 Å². The Hall–Kier alpha value is -2.94. The molecule has 0 saturated carbocycles. The summed E-state index contributed by atoms with van der Waals surface area (Å²) in [7, 11) is 0. The molecule has 0 bridgehead atoms. The first-order chi connectivity index (χ1) is 16.5. The molecule has 2 aliphatic heterocycles. The first-order valence-corrected chi connectivity index (χ1v) is 11.7. The number of likely N-dealkylation sites (tertiary alicyclic amines) is 1.